The van der Waals surface area contributed by atoms with Crippen LogP contribution in [0.5, 0.6) is 0 Å². The quantitative estimate of drug-likeness (QED) is 0.918. The van der Waals surface area contributed by atoms with Crippen LogP contribution in [-0.2, 0) is 16.6 Å². The van der Waals surface area contributed by atoms with Gasteiger partial charge in [-0.3, -0.25) is 4.31 Å². The summed E-state index contributed by atoms with van der Waals surface area (Å²) in [6.45, 7) is 7.51. The summed E-state index contributed by atoms with van der Waals surface area (Å²) in [4.78, 5) is 0. The molecule has 4 nitrogen and oxygen atoms in total. The van der Waals surface area contributed by atoms with E-state index in [1.54, 1.807) is 0 Å². The Bertz CT molecular complexity index is 540. The minimum absolute atomic E-state index is 0.197. The highest BCUT2D eigenvalue weighted by molar-refractivity contribution is 7.93. The molecule has 106 valence electrons. The molecule has 1 saturated heterocycles. The van der Waals surface area contributed by atoms with Crippen LogP contribution in [0.15, 0.2) is 24.3 Å². The van der Waals surface area contributed by atoms with Gasteiger partial charge in [-0.2, -0.15) is 0 Å². The van der Waals surface area contributed by atoms with E-state index in [2.05, 4.69) is 19.2 Å². The Labute approximate surface area is 115 Å². The molecule has 1 aliphatic heterocycles. The summed E-state index contributed by atoms with van der Waals surface area (Å²) in [6, 6.07) is 8.19. The van der Waals surface area contributed by atoms with Crippen LogP contribution in [-0.4, -0.2) is 26.8 Å². The maximum atomic E-state index is 12.1. The summed E-state index contributed by atoms with van der Waals surface area (Å²) in [5.74, 6) is 0.448. The van der Waals surface area contributed by atoms with Crippen molar-refractivity contribution in [3.05, 3.63) is 29.8 Å². The highest BCUT2D eigenvalue weighted by Crippen LogP contribution is 2.27. The Morgan fingerprint density at radius 1 is 1.42 bits per heavy atom. The van der Waals surface area contributed by atoms with E-state index in [0.717, 1.165) is 17.8 Å². The summed E-state index contributed by atoms with van der Waals surface area (Å²) >= 11 is 0. The van der Waals surface area contributed by atoms with Crippen LogP contribution in [0.1, 0.15) is 26.3 Å². The van der Waals surface area contributed by atoms with Crippen LogP contribution in [0.25, 0.3) is 0 Å². The zero-order chi connectivity index (χ0) is 14.0. The zero-order valence-electron chi connectivity index (χ0n) is 11.8. The lowest BCUT2D eigenvalue weighted by Gasteiger charge is -2.18. The molecule has 0 radical (unpaired) electrons. The second-order valence-electron chi connectivity index (χ2n) is 5.62. The first-order valence-corrected chi connectivity index (χ1v) is 8.32. The molecule has 5 heteroatoms. The summed E-state index contributed by atoms with van der Waals surface area (Å²) in [5, 5.41) is 3.34. The summed E-state index contributed by atoms with van der Waals surface area (Å²) < 4.78 is 25.7. The monoisotopic (exact) mass is 282 g/mol. The molecule has 1 aromatic carbocycles. The van der Waals surface area contributed by atoms with Crippen molar-refractivity contribution in [1.29, 1.82) is 0 Å². The van der Waals surface area contributed by atoms with E-state index in [1.165, 1.54) is 4.31 Å². The number of nitrogens with one attached hydrogen (secondary N) is 1. The number of sulfonamides is 1. The predicted octanol–water partition coefficient (Wildman–Crippen LogP) is 1.97. The van der Waals surface area contributed by atoms with Crippen LogP contribution < -0.4 is 9.62 Å². The van der Waals surface area contributed by atoms with Gasteiger partial charge in [0.2, 0.25) is 10.0 Å². The fraction of sp³-hybridized carbons (Fsp3) is 0.571. The van der Waals surface area contributed by atoms with Crippen molar-refractivity contribution in [3.8, 4) is 0 Å². The van der Waals surface area contributed by atoms with E-state index < -0.39 is 10.0 Å². The van der Waals surface area contributed by atoms with Gasteiger partial charge in [0.25, 0.3) is 0 Å². The molecule has 0 bridgehead atoms. The molecular weight excluding hydrogens is 260 g/mol. The van der Waals surface area contributed by atoms with Crippen molar-refractivity contribution >= 4 is 15.7 Å². The van der Waals surface area contributed by atoms with Gasteiger partial charge >= 0.3 is 0 Å². The Morgan fingerprint density at radius 3 is 2.74 bits per heavy atom. The van der Waals surface area contributed by atoms with Crippen LogP contribution in [0.2, 0.25) is 0 Å². The lowest BCUT2D eigenvalue weighted by Crippen LogP contribution is -2.26. The molecular formula is C14H22N2O2S. The molecule has 0 spiro atoms. The number of anilines is 1. The van der Waals surface area contributed by atoms with Crippen molar-refractivity contribution < 1.29 is 8.42 Å². The third-order valence-corrected chi connectivity index (χ3v) is 5.24. The van der Waals surface area contributed by atoms with Gasteiger partial charge in [0.05, 0.1) is 11.4 Å². The Balaban J connectivity index is 2.19. The van der Waals surface area contributed by atoms with E-state index >= 15 is 0 Å². The number of rotatable bonds is 4. The number of hydrogen-bond acceptors (Lipinski definition) is 3. The van der Waals surface area contributed by atoms with Gasteiger partial charge in [-0.25, -0.2) is 8.42 Å². The molecule has 0 amide bonds. The highest BCUT2D eigenvalue weighted by atomic mass is 32.2. The van der Waals surface area contributed by atoms with Crippen LogP contribution in [0.3, 0.4) is 0 Å². The molecule has 1 atom stereocenters. The smallest absolute Gasteiger partial charge is 0.235 e. The van der Waals surface area contributed by atoms with E-state index in [4.69, 9.17) is 0 Å². The van der Waals surface area contributed by atoms with Gasteiger partial charge in [0, 0.05) is 19.1 Å². The molecule has 1 aromatic rings. The number of nitrogens with zero attached hydrogens (tertiary/aromatic N) is 1. The van der Waals surface area contributed by atoms with Crippen molar-refractivity contribution in [2.75, 3.05) is 16.6 Å². The average molecular weight is 282 g/mol. The maximum Gasteiger partial charge on any atom is 0.235 e. The first-order chi connectivity index (χ1) is 8.88. The molecule has 0 saturated carbocycles. The third kappa shape index (κ3) is 3.48. The van der Waals surface area contributed by atoms with E-state index in [-0.39, 0.29) is 11.7 Å². The summed E-state index contributed by atoms with van der Waals surface area (Å²) in [7, 11) is -3.12. The van der Waals surface area contributed by atoms with Crippen LogP contribution in [0.4, 0.5) is 5.69 Å². The molecule has 1 heterocycles. The maximum absolute atomic E-state index is 12.1. The van der Waals surface area contributed by atoms with Gasteiger partial charge in [0.1, 0.15) is 0 Å². The Hall–Kier alpha value is -1.07. The zero-order valence-corrected chi connectivity index (χ0v) is 12.6. The third-order valence-electron chi connectivity index (χ3n) is 3.22. The van der Waals surface area contributed by atoms with Gasteiger partial charge in [0.15, 0.2) is 0 Å². The lowest BCUT2D eigenvalue weighted by molar-refractivity contribution is 0.588. The fourth-order valence-corrected chi connectivity index (χ4v) is 4.23. The normalized spacial score (nSPS) is 22.1. The molecule has 1 unspecified atom stereocenters. The summed E-state index contributed by atoms with van der Waals surface area (Å²) in [5.41, 5.74) is 1.90. The fourth-order valence-electron chi connectivity index (χ4n) is 2.31. The standard InChI is InChI=1S/C14H22N2O2S/c1-11(2)15-8-13-5-4-6-14(7-13)16-9-12(3)10-19(16,17)18/h4-7,11-12,15H,8-10H2,1-3H3. The molecule has 19 heavy (non-hydrogen) atoms. The SMILES string of the molecule is CC1CN(c2cccc(CNC(C)C)c2)S(=O)(=O)C1. The van der Waals surface area contributed by atoms with Crippen molar-refractivity contribution in [1.82, 2.24) is 5.32 Å². The van der Waals surface area contributed by atoms with Gasteiger partial charge < -0.3 is 5.32 Å². The average Bonchev–Trinajstić information content (AvgIpc) is 2.60. The van der Waals surface area contributed by atoms with Gasteiger partial charge in [-0.15, -0.1) is 0 Å². The largest absolute Gasteiger partial charge is 0.310 e. The van der Waals surface area contributed by atoms with Crippen LogP contribution in [0, 0.1) is 5.92 Å². The number of hydrogen-bond donors (Lipinski definition) is 1. The first kappa shape index (κ1) is 14.3. The topological polar surface area (TPSA) is 49.4 Å². The van der Waals surface area contributed by atoms with Gasteiger partial charge in [-0.05, 0) is 23.6 Å². The predicted molar refractivity (Wildman–Crippen MR) is 78.7 cm³/mol. The second-order valence-corrected chi connectivity index (χ2v) is 7.56. The molecule has 1 N–H and O–H groups in total. The molecule has 0 aliphatic carbocycles. The van der Waals surface area contributed by atoms with Crippen molar-refractivity contribution in [3.63, 3.8) is 0 Å². The Kier molecular flexibility index (Phi) is 4.16. The van der Waals surface area contributed by atoms with E-state index in [1.807, 2.05) is 31.2 Å². The van der Waals surface area contributed by atoms with Crippen molar-refractivity contribution in [2.45, 2.75) is 33.4 Å². The Morgan fingerprint density at radius 2 is 2.16 bits per heavy atom. The first-order valence-electron chi connectivity index (χ1n) is 6.71. The minimum Gasteiger partial charge on any atom is -0.310 e. The lowest BCUT2D eigenvalue weighted by atomic mass is 10.1. The minimum atomic E-state index is -3.12. The van der Waals surface area contributed by atoms with Crippen molar-refractivity contribution in [2.24, 2.45) is 5.92 Å². The second kappa shape index (κ2) is 5.51. The van der Waals surface area contributed by atoms with Crippen LogP contribution >= 0.6 is 0 Å². The van der Waals surface area contributed by atoms with E-state index in [0.29, 0.717) is 12.6 Å². The highest BCUT2D eigenvalue weighted by Gasteiger charge is 2.33. The van der Waals surface area contributed by atoms with Gasteiger partial charge in [-0.1, -0.05) is 32.9 Å². The molecule has 1 aliphatic rings. The summed E-state index contributed by atoms with van der Waals surface area (Å²) in [6.07, 6.45) is 0. The molecule has 0 aromatic heterocycles. The molecule has 1 fully saturated rings. The number of benzene rings is 1. The molecule has 2 rings (SSSR count). The van der Waals surface area contributed by atoms with E-state index in [9.17, 15) is 8.42 Å².